The predicted molar refractivity (Wildman–Crippen MR) is 55.3 cm³/mol. The summed E-state index contributed by atoms with van der Waals surface area (Å²) in [5.41, 5.74) is 0. The lowest BCUT2D eigenvalue weighted by molar-refractivity contribution is -0.115. The first-order valence-corrected chi connectivity index (χ1v) is 4.63. The van der Waals surface area contributed by atoms with Crippen LogP contribution in [-0.2, 0) is 9.47 Å². The summed E-state index contributed by atoms with van der Waals surface area (Å²) in [4.78, 5) is 0. The Morgan fingerprint density at radius 2 is 1.77 bits per heavy atom. The summed E-state index contributed by atoms with van der Waals surface area (Å²) in [5, 5.41) is 3.34. The van der Waals surface area contributed by atoms with Crippen LogP contribution in [0.4, 0.5) is 0 Å². The van der Waals surface area contributed by atoms with Gasteiger partial charge < -0.3 is 14.8 Å². The second-order valence-corrected chi connectivity index (χ2v) is 3.33. The van der Waals surface area contributed by atoms with Gasteiger partial charge in [0.25, 0.3) is 0 Å². The summed E-state index contributed by atoms with van der Waals surface area (Å²) in [6.07, 6.45) is 3.54. The van der Waals surface area contributed by atoms with Crippen molar-refractivity contribution in [3.8, 4) is 0 Å². The van der Waals surface area contributed by atoms with Crippen LogP contribution in [0, 0.1) is 5.92 Å². The third-order valence-corrected chi connectivity index (χ3v) is 2.51. The van der Waals surface area contributed by atoms with Crippen LogP contribution < -0.4 is 5.32 Å². The summed E-state index contributed by atoms with van der Waals surface area (Å²) in [6.45, 7) is 2.29. The number of ether oxygens (including phenoxy) is 2. The number of rotatable bonds is 4. The number of hydrogen-bond donors (Lipinski definition) is 1. The Kier molecular flexibility index (Phi) is 7.66. The lowest BCUT2D eigenvalue weighted by atomic mass is 9.94. The Balaban J connectivity index is 0.00000144. The summed E-state index contributed by atoms with van der Waals surface area (Å²) in [5.74, 6) is 0.774. The topological polar surface area (TPSA) is 30.5 Å². The van der Waals surface area contributed by atoms with Crippen molar-refractivity contribution in [3.05, 3.63) is 0 Å². The molecule has 13 heavy (non-hydrogen) atoms. The van der Waals surface area contributed by atoms with Gasteiger partial charge in [0.05, 0.1) is 0 Å². The molecule has 80 valence electrons. The van der Waals surface area contributed by atoms with Gasteiger partial charge in [-0.25, -0.2) is 0 Å². The molecule has 3 nitrogen and oxygen atoms in total. The highest BCUT2D eigenvalue weighted by Gasteiger charge is 2.17. The Labute approximate surface area is 86.6 Å². The van der Waals surface area contributed by atoms with Gasteiger partial charge in [-0.15, -0.1) is 12.4 Å². The van der Waals surface area contributed by atoms with Gasteiger partial charge in [0.1, 0.15) is 0 Å². The highest BCUT2D eigenvalue weighted by Crippen LogP contribution is 2.19. The summed E-state index contributed by atoms with van der Waals surface area (Å²) >= 11 is 0. The van der Waals surface area contributed by atoms with Crippen LogP contribution in [0.3, 0.4) is 0 Å². The van der Waals surface area contributed by atoms with E-state index in [0.717, 1.165) is 25.4 Å². The molecule has 1 heterocycles. The molecule has 0 atom stereocenters. The zero-order valence-electron chi connectivity index (χ0n) is 8.41. The van der Waals surface area contributed by atoms with E-state index in [1.807, 2.05) is 0 Å². The van der Waals surface area contributed by atoms with Crippen molar-refractivity contribution in [3.63, 3.8) is 0 Å². The van der Waals surface area contributed by atoms with Gasteiger partial charge in [0.15, 0.2) is 6.29 Å². The van der Waals surface area contributed by atoms with E-state index in [-0.39, 0.29) is 18.7 Å². The number of methoxy groups -OCH3 is 2. The molecule has 0 unspecified atom stereocenters. The van der Waals surface area contributed by atoms with Crippen LogP contribution in [0.15, 0.2) is 0 Å². The van der Waals surface area contributed by atoms with Gasteiger partial charge >= 0.3 is 0 Å². The van der Waals surface area contributed by atoms with Crippen LogP contribution in [0.2, 0.25) is 0 Å². The fraction of sp³-hybridized carbons (Fsp3) is 1.00. The second kappa shape index (κ2) is 7.56. The van der Waals surface area contributed by atoms with E-state index in [4.69, 9.17) is 9.47 Å². The van der Waals surface area contributed by atoms with Crippen LogP contribution in [0.25, 0.3) is 0 Å². The van der Waals surface area contributed by atoms with E-state index in [9.17, 15) is 0 Å². The molecular weight excluding hydrogens is 190 g/mol. The third kappa shape index (κ3) is 4.81. The molecule has 4 heteroatoms. The monoisotopic (exact) mass is 209 g/mol. The van der Waals surface area contributed by atoms with Gasteiger partial charge in [-0.05, 0) is 31.8 Å². The van der Waals surface area contributed by atoms with Gasteiger partial charge in [-0.1, -0.05) is 0 Å². The standard InChI is InChI=1S/C9H19NO2.ClH/c1-11-9(12-2)7-8-3-5-10-6-4-8;/h8-10H,3-7H2,1-2H3;1H. The lowest BCUT2D eigenvalue weighted by Gasteiger charge is -2.25. The maximum Gasteiger partial charge on any atom is 0.157 e. The fourth-order valence-corrected chi connectivity index (χ4v) is 1.68. The minimum atomic E-state index is -0.00639. The van der Waals surface area contributed by atoms with Gasteiger partial charge in [0.2, 0.25) is 0 Å². The van der Waals surface area contributed by atoms with Crippen LogP contribution in [0.1, 0.15) is 19.3 Å². The Hall–Kier alpha value is 0.170. The summed E-state index contributed by atoms with van der Waals surface area (Å²) in [7, 11) is 3.41. The fourth-order valence-electron chi connectivity index (χ4n) is 1.68. The Bertz CT molecular complexity index is 114. The molecule has 1 aliphatic heterocycles. The highest BCUT2D eigenvalue weighted by molar-refractivity contribution is 5.85. The van der Waals surface area contributed by atoms with E-state index in [0.29, 0.717) is 0 Å². The zero-order chi connectivity index (χ0) is 8.81. The number of piperidine rings is 1. The quantitative estimate of drug-likeness (QED) is 0.711. The molecule has 0 bridgehead atoms. The molecule has 1 fully saturated rings. The van der Waals surface area contributed by atoms with E-state index < -0.39 is 0 Å². The highest BCUT2D eigenvalue weighted by atomic mass is 35.5. The molecule has 0 radical (unpaired) electrons. The molecule has 0 aromatic rings. The number of nitrogens with one attached hydrogen (secondary N) is 1. The van der Waals surface area contributed by atoms with Crippen molar-refractivity contribution >= 4 is 12.4 Å². The number of hydrogen-bond acceptors (Lipinski definition) is 3. The average molecular weight is 210 g/mol. The zero-order valence-corrected chi connectivity index (χ0v) is 9.23. The van der Waals surface area contributed by atoms with Crippen molar-refractivity contribution in [2.24, 2.45) is 5.92 Å². The normalized spacial score (nSPS) is 18.7. The Morgan fingerprint density at radius 1 is 1.23 bits per heavy atom. The molecule has 1 rings (SSSR count). The molecular formula is C9H20ClNO2. The largest absolute Gasteiger partial charge is 0.356 e. The minimum absolute atomic E-state index is 0. The molecule has 0 saturated carbocycles. The van der Waals surface area contributed by atoms with Crippen molar-refractivity contribution in [1.29, 1.82) is 0 Å². The molecule has 0 aromatic carbocycles. The summed E-state index contributed by atoms with van der Waals surface area (Å²) < 4.78 is 10.3. The van der Waals surface area contributed by atoms with Crippen molar-refractivity contribution in [2.45, 2.75) is 25.6 Å². The SMILES string of the molecule is COC(CC1CCNCC1)OC.Cl. The van der Waals surface area contributed by atoms with E-state index >= 15 is 0 Å². The first-order valence-electron chi connectivity index (χ1n) is 4.63. The maximum absolute atomic E-state index is 5.16. The van der Waals surface area contributed by atoms with Crippen molar-refractivity contribution in [1.82, 2.24) is 5.32 Å². The van der Waals surface area contributed by atoms with E-state index in [1.54, 1.807) is 14.2 Å². The molecule has 1 N–H and O–H groups in total. The van der Waals surface area contributed by atoms with Gasteiger partial charge in [-0.2, -0.15) is 0 Å². The van der Waals surface area contributed by atoms with Crippen LogP contribution >= 0.6 is 12.4 Å². The minimum Gasteiger partial charge on any atom is -0.356 e. The Morgan fingerprint density at radius 3 is 2.23 bits per heavy atom. The van der Waals surface area contributed by atoms with Crippen molar-refractivity contribution < 1.29 is 9.47 Å². The van der Waals surface area contributed by atoms with Gasteiger partial charge in [0, 0.05) is 20.6 Å². The average Bonchev–Trinajstić information content (AvgIpc) is 2.16. The molecule has 0 aliphatic carbocycles. The van der Waals surface area contributed by atoms with Gasteiger partial charge in [-0.3, -0.25) is 0 Å². The third-order valence-electron chi connectivity index (χ3n) is 2.51. The summed E-state index contributed by atoms with van der Waals surface area (Å²) in [6, 6.07) is 0. The molecule has 0 amide bonds. The molecule has 0 aromatic heterocycles. The molecule has 0 spiro atoms. The molecule has 1 aliphatic rings. The first kappa shape index (κ1) is 13.2. The van der Waals surface area contributed by atoms with Crippen molar-refractivity contribution in [2.75, 3.05) is 27.3 Å². The lowest BCUT2D eigenvalue weighted by Crippen LogP contribution is -2.30. The second-order valence-electron chi connectivity index (χ2n) is 3.33. The maximum atomic E-state index is 5.16. The first-order chi connectivity index (χ1) is 5.86. The van der Waals surface area contributed by atoms with Crippen LogP contribution in [-0.4, -0.2) is 33.6 Å². The van der Waals surface area contributed by atoms with Crippen LogP contribution in [0.5, 0.6) is 0 Å². The predicted octanol–water partition coefficient (Wildman–Crippen LogP) is 1.42. The van der Waals surface area contributed by atoms with E-state index in [1.165, 1.54) is 12.8 Å². The van der Waals surface area contributed by atoms with E-state index in [2.05, 4.69) is 5.32 Å². The number of halogens is 1. The molecule has 1 saturated heterocycles. The smallest absolute Gasteiger partial charge is 0.157 e.